The highest BCUT2D eigenvalue weighted by Crippen LogP contribution is 2.29. The van der Waals surface area contributed by atoms with Crippen molar-refractivity contribution in [1.82, 2.24) is 5.32 Å². The molecule has 3 aromatic rings. The quantitative estimate of drug-likeness (QED) is 0.628. The zero-order valence-corrected chi connectivity index (χ0v) is 18.5. The van der Waals surface area contributed by atoms with Crippen molar-refractivity contribution in [2.75, 3.05) is 31.5 Å². The van der Waals surface area contributed by atoms with E-state index in [1.54, 1.807) is 32.4 Å². The molecule has 0 spiro atoms. The van der Waals surface area contributed by atoms with E-state index in [0.717, 1.165) is 11.1 Å². The number of aliphatic imine (C=N–C) groups is 1. The molecule has 1 atom stereocenters. The second-order valence-corrected chi connectivity index (χ2v) is 7.33. The molecule has 2 N–H and O–H groups in total. The smallest absolute Gasteiger partial charge is 0.321 e. The van der Waals surface area contributed by atoms with Crippen LogP contribution in [0.25, 0.3) is 0 Å². The van der Waals surface area contributed by atoms with Crippen LogP contribution in [-0.4, -0.2) is 45.1 Å². The number of fused-ring (bicyclic) bond motifs is 1. The van der Waals surface area contributed by atoms with Crippen molar-refractivity contribution in [1.29, 1.82) is 0 Å². The number of benzodiazepines with no additional fused rings is 1. The third-order valence-corrected chi connectivity index (χ3v) is 5.32. The lowest BCUT2D eigenvalue weighted by atomic mass is 10.0. The van der Waals surface area contributed by atoms with E-state index in [-0.39, 0.29) is 5.91 Å². The minimum Gasteiger partial charge on any atom is -0.497 e. The maximum atomic E-state index is 13.2. The van der Waals surface area contributed by atoms with Gasteiger partial charge in [-0.1, -0.05) is 48.5 Å². The minimum absolute atomic E-state index is 0.356. The van der Waals surface area contributed by atoms with Crippen molar-refractivity contribution >= 4 is 29.0 Å². The summed E-state index contributed by atoms with van der Waals surface area (Å²) < 4.78 is 10.5. The summed E-state index contributed by atoms with van der Waals surface area (Å²) in [5.41, 5.74) is 3.42. The normalized spacial score (nSPS) is 15.1. The molecule has 168 valence electrons. The highest BCUT2D eigenvalue weighted by molar-refractivity contribution is 6.20. The van der Waals surface area contributed by atoms with Crippen LogP contribution in [0.4, 0.5) is 16.2 Å². The van der Waals surface area contributed by atoms with Gasteiger partial charge in [0.25, 0.3) is 5.91 Å². The maximum absolute atomic E-state index is 13.2. The Labute approximate surface area is 191 Å². The molecule has 0 saturated heterocycles. The monoisotopic (exact) mass is 444 g/mol. The van der Waals surface area contributed by atoms with Gasteiger partial charge in [0.05, 0.1) is 31.3 Å². The molecule has 8 heteroatoms. The van der Waals surface area contributed by atoms with Crippen LogP contribution in [0.2, 0.25) is 0 Å². The highest BCUT2D eigenvalue weighted by atomic mass is 16.5. The fourth-order valence-corrected chi connectivity index (χ4v) is 3.63. The largest absolute Gasteiger partial charge is 0.497 e. The average molecular weight is 444 g/mol. The summed E-state index contributed by atoms with van der Waals surface area (Å²) >= 11 is 0. The number of para-hydroxylation sites is 1. The van der Waals surface area contributed by atoms with Crippen molar-refractivity contribution in [3.05, 3.63) is 83.9 Å². The molecule has 4 rings (SSSR count). The van der Waals surface area contributed by atoms with Crippen LogP contribution >= 0.6 is 0 Å². The van der Waals surface area contributed by atoms with Gasteiger partial charge in [-0.3, -0.25) is 4.79 Å². The van der Waals surface area contributed by atoms with Gasteiger partial charge in [0.2, 0.25) is 6.17 Å². The van der Waals surface area contributed by atoms with Crippen molar-refractivity contribution in [3.8, 4) is 11.5 Å². The van der Waals surface area contributed by atoms with Crippen molar-refractivity contribution in [3.63, 3.8) is 0 Å². The number of benzene rings is 3. The van der Waals surface area contributed by atoms with Gasteiger partial charge in [0.1, 0.15) is 11.5 Å². The molecule has 0 radical (unpaired) electrons. The van der Waals surface area contributed by atoms with Gasteiger partial charge in [-0.05, 0) is 18.2 Å². The number of methoxy groups -OCH3 is 2. The van der Waals surface area contributed by atoms with Crippen LogP contribution < -0.4 is 25.0 Å². The van der Waals surface area contributed by atoms with Crippen LogP contribution in [-0.2, 0) is 4.79 Å². The van der Waals surface area contributed by atoms with E-state index in [2.05, 4.69) is 15.6 Å². The maximum Gasteiger partial charge on any atom is 0.321 e. The number of nitrogens with zero attached hydrogens (tertiary/aromatic N) is 2. The van der Waals surface area contributed by atoms with E-state index in [9.17, 15) is 9.59 Å². The predicted octanol–water partition coefficient (Wildman–Crippen LogP) is 3.67. The molecular formula is C25H24N4O4. The molecule has 8 nitrogen and oxygen atoms in total. The highest BCUT2D eigenvalue weighted by Gasteiger charge is 2.31. The average Bonchev–Trinajstić information content (AvgIpc) is 2.95. The third-order valence-electron chi connectivity index (χ3n) is 5.32. The third kappa shape index (κ3) is 4.50. The number of hydrogen-bond acceptors (Lipinski definition) is 5. The molecule has 1 aliphatic rings. The second-order valence-electron chi connectivity index (χ2n) is 7.33. The van der Waals surface area contributed by atoms with Crippen LogP contribution in [0.15, 0.2) is 77.8 Å². The van der Waals surface area contributed by atoms with Crippen LogP contribution in [0, 0.1) is 0 Å². The molecule has 1 unspecified atom stereocenters. The van der Waals surface area contributed by atoms with Crippen LogP contribution in [0.1, 0.15) is 11.1 Å². The van der Waals surface area contributed by atoms with Gasteiger partial charge in [-0.25, -0.2) is 9.79 Å². The first kappa shape index (κ1) is 21.9. The van der Waals surface area contributed by atoms with Gasteiger partial charge in [-0.15, -0.1) is 0 Å². The Balaban J connectivity index is 1.66. The van der Waals surface area contributed by atoms with E-state index >= 15 is 0 Å². The van der Waals surface area contributed by atoms with E-state index in [1.165, 1.54) is 12.0 Å². The molecule has 0 aromatic heterocycles. The minimum atomic E-state index is -1.12. The van der Waals surface area contributed by atoms with Gasteiger partial charge >= 0.3 is 6.03 Å². The number of carbonyl (C=O) groups is 2. The summed E-state index contributed by atoms with van der Waals surface area (Å²) in [4.78, 5) is 32.2. The molecule has 0 saturated carbocycles. The number of carbonyl (C=O) groups excluding carboxylic acids is 2. The number of anilines is 2. The SMILES string of the molecule is COc1ccc(NC(=O)NC2N=C(c3ccccc3)c3ccccc3N(C)C2=O)c(OC)c1. The number of hydrogen-bond donors (Lipinski definition) is 2. The molecule has 0 aliphatic carbocycles. The van der Waals surface area contributed by atoms with Crippen molar-refractivity contribution in [2.24, 2.45) is 4.99 Å². The summed E-state index contributed by atoms with van der Waals surface area (Å²) in [6.07, 6.45) is -1.12. The zero-order valence-electron chi connectivity index (χ0n) is 18.5. The van der Waals surface area contributed by atoms with Gasteiger partial charge < -0.3 is 25.0 Å². The fourth-order valence-electron chi connectivity index (χ4n) is 3.63. The van der Waals surface area contributed by atoms with E-state index in [1.807, 2.05) is 54.6 Å². The lowest BCUT2D eigenvalue weighted by molar-refractivity contribution is -0.119. The standard InChI is InChI=1S/C25H24N4O4/c1-29-20-12-8-7-11-18(20)22(16-9-5-4-6-10-16)27-23(24(29)30)28-25(31)26-19-14-13-17(32-2)15-21(19)33-3/h4-15,23H,1-3H3,(H2,26,28,31). The Morgan fingerprint density at radius 3 is 2.42 bits per heavy atom. The van der Waals surface area contributed by atoms with Gasteiger partial charge in [-0.2, -0.15) is 0 Å². The number of nitrogens with one attached hydrogen (secondary N) is 2. The Hall–Kier alpha value is -4.33. The molecule has 3 aromatic carbocycles. The molecule has 3 amide bonds. The summed E-state index contributed by atoms with van der Waals surface area (Å²) in [6, 6.07) is 21.5. The summed E-state index contributed by atoms with van der Waals surface area (Å²) in [5, 5.41) is 5.41. The van der Waals surface area contributed by atoms with Crippen LogP contribution in [0.3, 0.4) is 0 Å². The number of ether oxygens (including phenoxy) is 2. The Morgan fingerprint density at radius 2 is 1.70 bits per heavy atom. The lowest BCUT2D eigenvalue weighted by Crippen LogP contribution is -2.47. The first-order valence-electron chi connectivity index (χ1n) is 10.3. The Morgan fingerprint density at radius 1 is 0.970 bits per heavy atom. The van der Waals surface area contributed by atoms with Crippen LogP contribution in [0.5, 0.6) is 11.5 Å². The molecule has 1 heterocycles. The zero-order chi connectivity index (χ0) is 23.4. The lowest BCUT2D eigenvalue weighted by Gasteiger charge is -2.21. The van der Waals surface area contributed by atoms with E-state index in [4.69, 9.17) is 9.47 Å². The van der Waals surface area contributed by atoms with Crippen molar-refractivity contribution in [2.45, 2.75) is 6.17 Å². The number of amides is 3. The first-order chi connectivity index (χ1) is 16.0. The van der Waals surface area contributed by atoms with Gasteiger partial charge in [0.15, 0.2) is 0 Å². The summed E-state index contributed by atoms with van der Waals surface area (Å²) in [5.74, 6) is 0.660. The van der Waals surface area contributed by atoms with E-state index in [0.29, 0.717) is 28.6 Å². The molecule has 1 aliphatic heterocycles. The van der Waals surface area contributed by atoms with Crippen molar-refractivity contribution < 1.29 is 19.1 Å². The molecular weight excluding hydrogens is 420 g/mol. The molecule has 0 bridgehead atoms. The Kier molecular flexibility index (Phi) is 6.26. The molecule has 0 fully saturated rings. The van der Waals surface area contributed by atoms with E-state index < -0.39 is 12.2 Å². The molecule has 33 heavy (non-hydrogen) atoms. The van der Waals surface area contributed by atoms with Gasteiger partial charge in [0, 0.05) is 24.2 Å². The topological polar surface area (TPSA) is 92.3 Å². The summed E-state index contributed by atoms with van der Waals surface area (Å²) in [6.45, 7) is 0. The summed E-state index contributed by atoms with van der Waals surface area (Å²) in [7, 11) is 4.71. The second kappa shape index (κ2) is 9.44. The number of rotatable bonds is 5. The Bertz CT molecular complexity index is 1210. The predicted molar refractivity (Wildman–Crippen MR) is 127 cm³/mol. The fraction of sp³-hybridized carbons (Fsp3) is 0.160. The first-order valence-corrected chi connectivity index (χ1v) is 10.3. The number of likely N-dealkylation sites (N-methyl/N-ethyl adjacent to an activating group) is 1. The number of urea groups is 1.